The van der Waals surface area contributed by atoms with Crippen molar-refractivity contribution in [1.29, 1.82) is 0 Å². The standard InChI is InChI=1S/C22H24N4O2/c1-16-14-17(2)26(24-16)20-10-8-19(9-11-20)22(28)25(13-12-21(23)27)15-18-6-4-3-5-7-18/h3-11,14H,12-13,15H2,1-2H3,(H2,23,27). The van der Waals surface area contributed by atoms with Crippen molar-refractivity contribution in [1.82, 2.24) is 14.7 Å². The van der Waals surface area contributed by atoms with Crippen LogP contribution in [-0.2, 0) is 11.3 Å². The van der Waals surface area contributed by atoms with E-state index in [1.165, 1.54) is 0 Å². The summed E-state index contributed by atoms with van der Waals surface area (Å²) in [5.74, 6) is -0.559. The smallest absolute Gasteiger partial charge is 0.254 e. The molecule has 0 atom stereocenters. The van der Waals surface area contributed by atoms with E-state index < -0.39 is 5.91 Å². The largest absolute Gasteiger partial charge is 0.370 e. The number of nitrogens with two attached hydrogens (primary N) is 1. The van der Waals surface area contributed by atoms with Gasteiger partial charge in [0, 0.05) is 30.8 Å². The second kappa shape index (κ2) is 8.52. The van der Waals surface area contributed by atoms with Crippen molar-refractivity contribution in [2.24, 2.45) is 5.73 Å². The average Bonchev–Trinajstić information content (AvgIpc) is 3.03. The van der Waals surface area contributed by atoms with Gasteiger partial charge in [0.15, 0.2) is 0 Å². The number of carbonyl (C=O) groups is 2. The molecule has 0 saturated heterocycles. The van der Waals surface area contributed by atoms with Crippen LogP contribution in [0.4, 0.5) is 0 Å². The first-order chi connectivity index (χ1) is 13.4. The summed E-state index contributed by atoms with van der Waals surface area (Å²) >= 11 is 0. The molecule has 0 fully saturated rings. The molecule has 2 N–H and O–H groups in total. The Morgan fingerprint density at radius 1 is 1.04 bits per heavy atom. The number of hydrogen-bond acceptors (Lipinski definition) is 3. The molecule has 0 spiro atoms. The van der Waals surface area contributed by atoms with Gasteiger partial charge in [0.25, 0.3) is 5.91 Å². The zero-order valence-electron chi connectivity index (χ0n) is 16.1. The maximum Gasteiger partial charge on any atom is 0.254 e. The lowest BCUT2D eigenvalue weighted by atomic mass is 10.1. The van der Waals surface area contributed by atoms with Gasteiger partial charge in [0.1, 0.15) is 0 Å². The lowest BCUT2D eigenvalue weighted by Gasteiger charge is -2.22. The molecule has 28 heavy (non-hydrogen) atoms. The van der Waals surface area contributed by atoms with E-state index in [1.807, 2.05) is 67.1 Å². The number of primary amides is 1. The number of aryl methyl sites for hydroxylation is 2. The highest BCUT2D eigenvalue weighted by Crippen LogP contribution is 2.16. The van der Waals surface area contributed by atoms with Crippen molar-refractivity contribution >= 4 is 11.8 Å². The van der Waals surface area contributed by atoms with Gasteiger partial charge < -0.3 is 10.6 Å². The van der Waals surface area contributed by atoms with E-state index in [9.17, 15) is 9.59 Å². The van der Waals surface area contributed by atoms with Crippen molar-refractivity contribution in [3.63, 3.8) is 0 Å². The molecular weight excluding hydrogens is 352 g/mol. The van der Waals surface area contributed by atoms with Crippen LogP contribution in [0.15, 0.2) is 60.7 Å². The molecule has 0 aliphatic rings. The van der Waals surface area contributed by atoms with Gasteiger partial charge in [-0.15, -0.1) is 0 Å². The van der Waals surface area contributed by atoms with Crippen molar-refractivity contribution < 1.29 is 9.59 Å². The normalized spacial score (nSPS) is 10.6. The van der Waals surface area contributed by atoms with Crippen molar-refractivity contribution in [3.8, 4) is 5.69 Å². The van der Waals surface area contributed by atoms with Gasteiger partial charge in [-0.2, -0.15) is 5.10 Å². The van der Waals surface area contributed by atoms with Crippen LogP contribution in [0, 0.1) is 13.8 Å². The summed E-state index contributed by atoms with van der Waals surface area (Å²) in [6, 6.07) is 19.0. The Labute approximate surface area is 164 Å². The first-order valence-corrected chi connectivity index (χ1v) is 9.19. The fraction of sp³-hybridized carbons (Fsp3) is 0.227. The molecule has 0 aliphatic heterocycles. The SMILES string of the molecule is Cc1cc(C)n(-c2ccc(C(=O)N(CCC(N)=O)Cc3ccccc3)cc2)n1. The minimum atomic E-state index is -0.425. The van der Waals surface area contributed by atoms with E-state index >= 15 is 0 Å². The van der Waals surface area contributed by atoms with Crippen LogP contribution in [0.2, 0.25) is 0 Å². The molecule has 0 radical (unpaired) electrons. The van der Waals surface area contributed by atoms with Crippen LogP contribution in [0.5, 0.6) is 0 Å². The molecule has 1 aromatic heterocycles. The highest BCUT2D eigenvalue weighted by atomic mass is 16.2. The van der Waals surface area contributed by atoms with E-state index in [2.05, 4.69) is 5.10 Å². The minimum absolute atomic E-state index is 0.127. The van der Waals surface area contributed by atoms with Gasteiger partial charge in [-0.3, -0.25) is 9.59 Å². The fourth-order valence-electron chi connectivity index (χ4n) is 3.12. The summed E-state index contributed by atoms with van der Waals surface area (Å²) in [5.41, 5.74) is 9.72. The molecule has 2 amide bonds. The quantitative estimate of drug-likeness (QED) is 0.688. The van der Waals surface area contributed by atoms with E-state index in [-0.39, 0.29) is 18.9 Å². The molecule has 6 heteroatoms. The lowest BCUT2D eigenvalue weighted by molar-refractivity contribution is -0.118. The van der Waals surface area contributed by atoms with E-state index in [0.717, 1.165) is 22.6 Å². The molecule has 0 saturated carbocycles. The highest BCUT2D eigenvalue weighted by Gasteiger charge is 2.17. The molecule has 2 aromatic carbocycles. The molecular formula is C22H24N4O2. The third-order valence-corrected chi connectivity index (χ3v) is 4.50. The number of rotatable bonds is 7. The van der Waals surface area contributed by atoms with Gasteiger partial charge in [-0.25, -0.2) is 4.68 Å². The van der Waals surface area contributed by atoms with E-state index in [1.54, 1.807) is 17.0 Å². The summed E-state index contributed by atoms with van der Waals surface area (Å²) in [7, 11) is 0. The van der Waals surface area contributed by atoms with Gasteiger partial charge in [-0.05, 0) is 49.7 Å². The molecule has 1 heterocycles. The van der Waals surface area contributed by atoms with Crippen molar-refractivity contribution in [3.05, 3.63) is 83.2 Å². The number of carbonyl (C=O) groups excluding carboxylic acids is 2. The maximum atomic E-state index is 13.0. The second-order valence-corrected chi connectivity index (χ2v) is 6.81. The van der Waals surface area contributed by atoms with Crippen molar-refractivity contribution in [2.45, 2.75) is 26.8 Å². The van der Waals surface area contributed by atoms with Crippen molar-refractivity contribution in [2.75, 3.05) is 6.54 Å². The Balaban J connectivity index is 1.81. The summed E-state index contributed by atoms with van der Waals surface area (Å²) < 4.78 is 1.85. The number of nitrogens with zero attached hydrogens (tertiary/aromatic N) is 3. The highest BCUT2D eigenvalue weighted by molar-refractivity contribution is 5.94. The summed E-state index contributed by atoms with van der Waals surface area (Å²) in [5, 5.41) is 4.46. The van der Waals surface area contributed by atoms with Crippen LogP contribution >= 0.6 is 0 Å². The molecule has 0 bridgehead atoms. The van der Waals surface area contributed by atoms with Gasteiger partial charge in [-0.1, -0.05) is 30.3 Å². The van der Waals surface area contributed by atoms with Crippen LogP contribution in [-0.4, -0.2) is 33.0 Å². The molecule has 144 valence electrons. The average molecular weight is 376 g/mol. The lowest BCUT2D eigenvalue weighted by Crippen LogP contribution is -2.33. The van der Waals surface area contributed by atoms with Gasteiger partial charge in [0.2, 0.25) is 5.91 Å². The molecule has 3 rings (SSSR count). The van der Waals surface area contributed by atoms with E-state index in [0.29, 0.717) is 12.1 Å². The van der Waals surface area contributed by atoms with Crippen LogP contribution in [0.3, 0.4) is 0 Å². The fourth-order valence-corrected chi connectivity index (χ4v) is 3.12. The predicted octanol–water partition coefficient (Wildman–Crippen LogP) is 3.01. The number of hydrogen-bond donors (Lipinski definition) is 1. The Hall–Kier alpha value is -3.41. The number of benzene rings is 2. The minimum Gasteiger partial charge on any atom is -0.370 e. The first kappa shape index (κ1) is 19.4. The Kier molecular flexibility index (Phi) is 5.89. The Bertz CT molecular complexity index is 962. The third-order valence-electron chi connectivity index (χ3n) is 4.50. The number of aromatic nitrogens is 2. The van der Waals surface area contributed by atoms with Gasteiger partial charge >= 0.3 is 0 Å². The molecule has 0 unspecified atom stereocenters. The maximum absolute atomic E-state index is 13.0. The topological polar surface area (TPSA) is 81.2 Å². The molecule has 6 nitrogen and oxygen atoms in total. The summed E-state index contributed by atoms with van der Waals surface area (Å²) in [6.07, 6.45) is 0.127. The number of amides is 2. The first-order valence-electron chi connectivity index (χ1n) is 9.19. The Morgan fingerprint density at radius 2 is 1.71 bits per heavy atom. The third kappa shape index (κ3) is 4.65. The summed E-state index contributed by atoms with van der Waals surface area (Å²) in [6.45, 7) is 4.64. The molecule has 3 aromatic rings. The Morgan fingerprint density at radius 3 is 2.29 bits per heavy atom. The zero-order chi connectivity index (χ0) is 20.1. The molecule has 0 aliphatic carbocycles. The van der Waals surface area contributed by atoms with Crippen LogP contribution in [0.25, 0.3) is 5.69 Å². The monoisotopic (exact) mass is 376 g/mol. The van der Waals surface area contributed by atoms with Crippen LogP contribution < -0.4 is 5.73 Å². The van der Waals surface area contributed by atoms with Crippen LogP contribution in [0.1, 0.15) is 33.7 Å². The zero-order valence-corrected chi connectivity index (χ0v) is 16.1. The summed E-state index contributed by atoms with van der Waals surface area (Å²) in [4.78, 5) is 25.9. The predicted molar refractivity (Wildman–Crippen MR) is 108 cm³/mol. The van der Waals surface area contributed by atoms with E-state index in [4.69, 9.17) is 5.73 Å². The second-order valence-electron chi connectivity index (χ2n) is 6.81. The van der Waals surface area contributed by atoms with Gasteiger partial charge in [0.05, 0.1) is 11.4 Å².